The van der Waals surface area contributed by atoms with Crippen molar-refractivity contribution < 1.29 is 22.7 Å². The highest BCUT2D eigenvalue weighted by Crippen LogP contribution is 2.32. The molecule has 0 aliphatic carbocycles. The summed E-state index contributed by atoms with van der Waals surface area (Å²) in [6.07, 6.45) is 2.25. The van der Waals surface area contributed by atoms with Crippen LogP contribution < -0.4 is 19.5 Å². The van der Waals surface area contributed by atoms with Gasteiger partial charge in [-0.05, 0) is 55.2 Å². The number of fused-ring (bicyclic) bond motifs is 1. The Balaban J connectivity index is 1.75. The zero-order valence-electron chi connectivity index (χ0n) is 17.3. The summed E-state index contributed by atoms with van der Waals surface area (Å²) < 4.78 is 39.4. The first kappa shape index (κ1) is 23.7. The van der Waals surface area contributed by atoms with Crippen LogP contribution in [0.2, 0.25) is 5.02 Å². The molecule has 0 spiro atoms. The Kier molecular flexibility index (Phi) is 8.10. The number of hydrogen-bond acceptors (Lipinski definition) is 6. The quantitative estimate of drug-likeness (QED) is 0.566. The minimum atomic E-state index is -3.95. The molecule has 31 heavy (non-hydrogen) atoms. The van der Waals surface area contributed by atoms with E-state index in [0.717, 1.165) is 5.56 Å². The van der Waals surface area contributed by atoms with Crippen molar-refractivity contribution in [3.05, 3.63) is 53.1 Å². The number of hydrogen-bond donors (Lipinski definition) is 2. The maximum absolute atomic E-state index is 13.0. The normalized spacial score (nSPS) is 15.2. The van der Waals surface area contributed by atoms with Gasteiger partial charge in [-0.25, -0.2) is 8.42 Å². The van der Waals surface area contributed by atoms with Gasteiger partial charge in [0, 0.05) is 11.1 Å². The zero-order valence-corrected chi connectivity index (χ0v) is 19.6. The Morgan fingerprint density at radius 2 is 1.90 bits per heavy atom. The molecule has 3 rings (SSSR count). The summed E-state index contributed by atoms with van der Waals surface area (Å²) in [7, 11) is -3.95. The molecule has 2 aromatic rings. The van der Waals surface area contributed by atoms with Gasteiger partial charge in [0.05, 0.1) is 10.9 Å². The van der Waals surface area contributed by atoms with Gasteiger partial charge in [0.2, 0.25) is 15.9 Å². The fourth-order valence-corrected chi connectivity index (χ4v) is 5.01. The number of nitrogens with one attached hydrogen (secondary N) is 2. The third kappa shape index (κ3) is 6.29. The molecule has 2 aromatic carbocycles. The van der Waals surface area contributed by atoms with Crippen LogP contribution in [0.15, 0.2) is 47.4 Å². The number of thioether (sulfide) groups is 1. The summed E-state index contributed by atoms with van der Waals surface area (Å²) in [5, 5.41) is 3.44. The molecule has 168 valence electrons. The summed E-state index contributed by atoms with van der Waals surface area (Å²) in [6, 6.07) is 10.3. The summed E-state index contributed by atoms with van der Waals surface area (Å²) in [4.78, 5) is 12.9. The van der Waals surface area contributed by atoms with Crippen molar-refractivity contribution in [2.24, 2.45) is 0 Å². The summed E-state index contributed by atoms with van der Waals surface area (Å²) >= 11 is 7.57. The van der Waals surface area contributed by atoms with Gasteiger partial charge in [-0.1, -0.05) is 23.7 Å². The van der Waals surface area contributed by atoms with Gasteiger partial charge < -0.3 is 14.8 Å². The number of sulfonamides is 1. The lowest BCUT2D eigenvalue weighted by molar-refractivity contribution is -0.123. The fourth-order valence-electron chi connectivity index (χ4n) is 3.10. The van der Waals surface area contributed by atoms with Crippen LogP contribution in [-0.2, 0) is 14.8 Å². The topological polar surface area (TPSA) is 93.7 Å². The maximum Gasteiger partial charge on any atom is 0.241 e. The Labute approximate surface area is 191 Å². The van der Waals surface area contributed by atoms with Gasteiger partial charge in [0.15, 0.2) is 11.5 Å². The third-order valence-corrected chi connectivity index (χ3v) is 7.10. The van der Waals surface area contributed by atoms with Crippen LogP contribution in [0.1, 0.15) is 24.9 Å². The number of halogens is 1. The molecule has 0 radical (unpaired) electrons. The third-order valence-electron chi connectivity index (χ3n) is 4.76. The van der Waals surface area contributed by atoms with Crippen molar-refractivity contribution in [3.8, 4) is 11.5 Å². The number of carbonyl (C=O) groups is 1. The van der Waals surface area contributed by atoms with Gasteiger partial charge in [0.1, 0.15) is 19.3 Å². The first-order valence-corrected chi connectivity index (χ1v) is 13.0. The van der Waals surface area contributed by atoms with E-state index in [1.54, 1.807) is 24.3 Å². The van der Waals surface area contributed by atoms with E-state index in [-0.39, 0.29) is 10.9 Å². The van der Waals surface area contributed by atoms with Gasteiger partial charge >= 0.3 is 0 Å². The average Bonchev–Trinajstić information content (AvgIpc) is 2.76. The highest BCUT2D eigenvalue weighted by atomic mass is 35.5. The molecule has 2 N–H and O–H groups in total. The van der Waals surface area contributed by atoms with Crippen LogP contribution >= 0.6 is 23.4 Å². The van der Waals surface area contributed by atoms with E-state index in [2.05, 4.69) is 10.0 Å². The predicted molar refractivity (Wildman–Crippen MR) is 123 cm³/mol. The molecular weight excluding hydrogens is 460 g/mol. The molecule has 10 heteroatoms. The van der Waals surface area contributed by atoms with E-state index in [9.17, 15) is 13.2 Å². The van der Waals surface area contributed by atoms with E-state index in [0.29, 0.717) is 41.9 Å². The van der Waals surface area contributed by atoms with Crippen LogP contribution in [0.5, 0.6) is 11.5 Å². The number of benzene rings is 2. The van der Waals surface area contributed by atoms with Crippen molar-refractivity contribution in [1.82, 2.24) is 10.0 Å². The van der Waals surface area contributed by atoms with Crippen LogP contribution in [0, 0.1) is 0 Å². The van der Waals surface area contributed by atoms with Crippen LogP contribution in [0.25, 0.3) is 0 Å². The molecule has 7 nitrogen and oxygen atoms in total. The lowest BCUT2D eigenvalue weighted by Crippen LogP contribution is -2.47. The van der Waals surface area contributed by atoms with Crippen LogP contribution in [0.3, 0.4) is 0 Å². The molecule has 2 unspecified atom stereocenters. The minimum absolute atomic E-state index is 0.0154. The summed E-state index contributed by atoms with van der Waals surface area (Å²) in [6.45, 7) is 2.59. The van der Waals surface area contributed by atoms with E-state index in [4.69, 9.17) is 21.1 Å². The van der Waals surface area contributed by atoms with Crippen molar-refractivity contribution in [1.29, 1.82) is 0 Å². The number of carbonyl (C=O) groups excluding carboxylic acids is 1. The summed E-state index contributed by atoms with van der Waals surface area (Å²) in [5.41, 5.74) is 0.833. The second-order valence-corrected chi connectivity index (χ2v) is 10.2. The zero-order chi connectivity index (χ0) is 22.4. The molecular formula is C21H25ClN2O5S2. The monoisotopic (exact) mass is 484 g/mol. The molecule has 0 fully saturated rings. The first-order chi connectivity index (χ1) is 14.8. The smallest absolute Gasteiger partial charge is 0.241 e. The molecule has 1 heterocycles. The van der Waals surface area contributed by atoms with Crippen molar-refractivity contribution >= 4 is 39.3 Å². The molecule has 0 saturated heterocycles. The molecule has 1 aliphatic rings. The lowest BCUT2D eigenvalue weighted by Gasteiger charge is -2.22. The highest BCUT2D eigenvalue weighted by molar-refractivity contribution is 7.98. The van der Waals surface area contributed by atoms with Gasteiger partial charge in [-0.3, -0.25) is 4.79 Å². The molecule has 0 bridgehead atoms. The van der Waals surface area contributed by atoms with Crippen molar-refractivity contribution in [2.75, 3.05) is 25.2 Å². The molecule has 1 amide bonds. The van der Waals surface area contributed by atoms with Crippen molar-refractivity contribution in [3.63, 3.8) is 0 Å². The molecule has 0 aromatic heterocycles. The second-order valence-electron chi connectivity index (χ2n) is 7.05. The minimum Gasteiger partial charge on any atom is -0.486 e. The summed E-state index contributed by atoms with van der Waals surface area (Å²) in [5.74, 6) is 1.08. The van der Waals surface area contributed by atoms with Gasteiger partial charge in [-0.2, -0.15) is 16.5 Å². The Morgan fingerprint density at radius 3 is 2.61 bits per heavy atom. The number of ether oxygens (including phenoxy) is 2. The van der Waals surface area contributed by atoms with Crippen LogP contribution in [0.4, 0.5) is 0 Å². The van der Waals surface area contributed by atoms with E-state index in [1.807, 2.05) is 19.2 Å². The fraction of sp³-hybridized carbons (Fsp3) is 0.381. The highest BCUT2D eigenvalue weighted by Gasteiger charge is 2.28. The Hall–Kier alpha value is -1.94. The van der Waals surface area contributed by atoms with Crippen LogP contribution in [-0.4, -0.2) is 45.6 Å². The van der Waals surface area contributed by atoms with E-state index < -0.39 is 22.0 Å². The maximum atomic E-state index is 13.0. The first-order valence-electron chi connectivity index (χ1n) is 9.77. The van der Waals surface area contributed by atoms with E-state index >= 15 is 0 Å². The Morgan fingerprint density at radius 1 is 1.16 bits per heavy atom. The predicted octanol–water partition coefficient (Wildman–Crippen LogP) is 3.39. The largest absolute Gasteiger partial charge is 0.486 e. The SMILES string of the molecule is CSCCC(NS(=O)(=O)c1ccc2c(c1)OCCO2)C(=O)NC(C)c1cccc(Cl)c1. The number of amides is 1. The second kappa shape index (κ2) is 10.6. The molecule has 2 atom stereocenters. The standard InChI is InChI=1S/C21H25ClN2O5S2/c1-14(15-4-3-5-16(22)12-15)23-21(25)18(8-11-30-2)24-31(26,27)17-6-7-19-20(13-17)29-10-9-28-19/h3-7,12-14,18,24H,8-11H2,1-2H3,(H,23,25). The van der Waals surface area contributed by atoms with Gasteiger partial charge in [-0.15, -0.1) is 0 Å². The number of rotatable bonds is 9. The van der Waals surface area contributed by atoms with Crippen molar-refractivity contribution in [2.45, 2.75) is 30.3 Å². The average molecular weight is 485 g/mol. The molecule has 1 aliphatic heterocycles. The van der Waals surface area contributed by atoms with E-state index in [1.165, 1.54) is 23.9 Å². The Bertz CT molecular complexity index is 1030. The molecule has 0 saturated carbocycles. The lowest BCUT2D eigenvalue weighted by atomic mass is 10.1. The van der Waals surface area contributed by atoms with Gasteiger partial charge in [0.25, 0.3) is 0 Å².